The summed E-state index contributed by atoms with van der Waals surface area (Å²) < 4.78 is 124. The summed E-state index contributed by atoms with van der Waals surface area (Å²) in [6.07, 6.45) is -14.8. The number of aliphatic hydroxyl groups is 1. The van der Waals surface area contributed by atoms with Crippen LogP contribution in [0.5, 0.6) is 0 Å². The Hall–Kier alpha value is -2.87. The SMILES string of the molecule is CC(C)(C)NC(=O)OC1CC(c2ccc(C(O)(C(F)(F)F)C(F)(F)F)cc2)(S(=O)(=O)c2ccc(F)cc2)C1. The van der Waals surface area contributed by atoms with Crippen LogP contribution in [0.1, 0.15) is 44.7 Å². The van der Waals surface area contributed by atoms with E-state index in [9.17, 15) is 49.1 Å². The van der Waals surface area contributed by atoms with E-state index in [1.165, 1.54) is 0 Å². The topological polar surface area (TPSA) is 92.7 Å². The van der Waals surface area contributed by atoms with Gasteiger partial charge in [0, 0.05) is 23.9 Å². The zero-order valence-corrected chi connectivity index (χ0v) is 21.1. The van der Waals surface area contributed by atoms with Crippen molar-refractivity contribution in [2.24, 2.45) is 0 Å². The van der Waals surface area contributed by atoms with Gasteiger partial charge >= 0.3 is 18.4 Å². The number of hydrogen-bond donors (Lipinski definition) is 2. The van der Waals surface area contributed by atoms with Crippen LogP contribution in [-0.4, -0.2) is 43.6 Å². The van der Waals surface area contributed by atoms with E-state index in [1.807, 2.05) is 0 Å². The molecule has 2 N–H and O–H groups in total. The second-order valence-electron chi connectivity index (χ2n) is 10.0. The summed E-state index contributed by atoms with van der Waals surface area (Å²) in [6.45, 7) is 5.01. The van der Waals surface area contributed by atoms with Crippen molar-refractivity contribution in [3.05, 3.63) is 65.5 Å². The maximum absolute atomic E-state index is 13.6. The van der Waals surface area contributed by atoms with Gasteiger partial charge in [0.2, 0.25) is 0 Å². The minimum atomic E-state index is -6.12. The van der Waals surface area contributed by atoms with Crippen LogP contribution in [0.2, 0.25) is 0 Å². The number of carbonyl (C=O) groups is 1. The van der Waals surface area contributed by atoms with E-state index in [0.29, 0.717) is 12.1 Å². The van der Waals surface area contributed by atoms with Gasteiger partial charge in [-0.3, -0.25) is 0 Å². The highest BCUT2D eigenvalue weighted by Crippen LogP contribution is 2.54. The zero-order chi connectivity index (χ0) is 28.9. The molecule has 0 saturated heterocycles. The standard InChI is InChI=1S/C24H24F7NO5S/c1-20(2,3)32-19(33)37-17-12-21(13-17,38(35,36)18-10-8-16(25)9-11-18)14-4-6-15(7-5-14)22(34,23(26,27)28)24(29,30)31/h4-11,17,34H,12-13H2,1-3H3,(H,32,33). The van der Waals surface area contributed by atoms with Crippen LogP contribution in [0, 0.1) is 5.82 Å². The smallest absolute Gasteiger partial charge is 0.430 e. The monoisotopic (exact) mass is 571 g/mol. The van der Waals surface area contributed by atoms with Crippen LogP contribution in [0.4, 0.5) is 35.5 Å². The first kappa shape index (κ1) is 29.7. The lowest BCUT2D eigenvalue weighted by Gasteiger charge is -2.46. The van der Waals surface area contributed by atoms with Gasteiger partial charge in [0.25, 0.3) is 5.60 Å². The van der Waals surface area contributed by atoms with Crippen LogP contribution in [0.15, 0.2) is 53.4 Å². The van der Waals surface area contributed by atoms with Crippen molar-refractivity contribution in [3.63, 3.8) is 0 Å². The summed E-state index contributed by atoms with van der Waals surface area (Å²) in [6, 6.07) is 5.85. The number of alkyl carbamates (subject to hydrolysis) is 1. The molecule has 38 heavy (non-hydrogen) atoms. The molecule has 1 amide bonds. The van der Waals surface area contributed by atoms with Gasteiger partial charge in [-0.15, -0.1) is 0 Å². The molecule has 0 spiro atoms. The molecule has 0 heterocycles. The van der Waals surface area contributed by atoms with E-state index in [0.717, 1.165) is 36.4 Å². The Balaban J connectivity index is 2.04. The molecule has 0 aromatic heterocycles. The molecule has 210 valence electrons. The summed E-state index contributed by atoms with van der Waals surface area (Å²) in [5.74, 6) is -0.741. The lowest BCUT2D eigenvalue weighted by atomic mass is 9.75. The van der Waals surface area contributed by atoms with Gasteiger partial charge in [-0.05, 0) is 50.6 Å². The van der Waals surface area contributed by atoms with E-state index in [2.05, 4.69) is 5.32 Å². The summed E-state index contributed by atoms with van der Waals surface area (Å²) in [4.78, 5) is 11.8. The normalized spacial score (nSPS) is 21.0. The molecule has 0 atom stereocenters. The Labute approximate surface area is 213 Å². The number of nitrogens with one attached hydrogen (secondary N) is 1. The number of rotatable bonds is 5. The first-order valence-corrected chi connectivity index (χ1v) is 12.6. The van der Waals surface area contributed by atoms with Crippen LogP contribution in [0.3, 0.4) is 0 Å². The molecule has 2 aromatic rings. The van der Waals surface area contributed by atoms with Crippen molar-refractivity contribution in [2.75, 3.05) is 0 Å². The van der Waals surface area contributed by atoms with E-state index >= 15 is 0 Å². The van der Waals surface area contributed by atoms with E-state index in [4.69, 9.17) is 4.74 Å². The minimum absolute atomic E-state index is 0.201. The second-order valence-corrected chi connectivity index (χ2v) is 12.3. The molecule has 3 rings (SSSR count). The first-order valence-electron chi connectivity index (χ1n) is 11.1. The van der Waals surface area contributed by atoms with E-state index in [1.54, 1.807) is 20.8 Å². The molecule has 2 aromatic carbocycles. The average molecular weight is 572 g/mol. The third-order valence-corrected chi connectivity index (χ3v) is 8.64. The molecule has 1 aliphatic rings. The van der Waals surface area contributed by atoms with Gasteiger partial charge in [-0.25, -0.2) is 17.6 Å². The maximum atomic E-state index is 13.6. The fourth-order valence-corrected chi connectivity index (χ4v) is 6.40. The van der Waals surface area contributed by atoms with Gasteiger partial charge in [0.1, 0.15) is 16.7 Å². The number of benzene rings is 2. The summed E-state index contributed by atoms with van der Waals surface area (Å²) in [5, 5.41) is 12.2. The Kier molecular flexibility index (Phi) is 7.34. The van der Waals surface area contributed by atoms with Gasteiger partial charge in [-0.2, -0.15) is 26.3 Å². The highest BCUT2D eigenvalue weighted by Gasteiger charge is 2.71. The fourth-order valence-electron chi connectivity index (χ4n) is 4.20. The Morgan fingerprint density at radius 1 is 0.921 bits per heavy atom. The first-order chi connectivity index (χ1) is 17.1. The number of halogens is 7. The number of amides is 1. The molecule has 1 saturated carbocycles. The third kappa shape index (κ3) is 5.20. The van der Waals surface area contributed by atoms with Crippen LogP contribution < -0.4 is 5.32 Å². The van der Waals surface area contributed by atoms with Crippen LogP contribution in [-0.2, 0) is 24.9 Å². The Bertz CT molecular complexity index is 1260. The highest BCUT2D eigenvalue weighted by molar-refractivity contribution is 7.92. The van der Waals surface area contributed by atoms with Gasteiger partial charge in [0.05, 0.1) is 4.90 Å². The molecule has 1 fully saturated rings. The van der Waals surface area contributed by atoms with Gasteiger partial charge in [-0.1, -0.05) is 24.3 Å². The fraction of sp³-hybridized carbons (Fsp3) is 0.458. The third-order valence-electron chi connectivity index (χ3n) is 6.15. The quantitative estimate of drug-likeness (QED) is 0.366. The van der Waals surface area contributed by atoms with Gasteiger partial charge < -0.3 is 15.2 Å². The van der Waals surface area contributed by atoms with Crippen molar-refractivity contribution < 1.29 is 53.8 Å². The molecule has 14 heteroatoms. The van der Waals surface area contributed by atoms with Crippen molar-refractivity contribution in [2.45, 2.75) is 72.9 Å². The maximum Gasteiger partial charge on any atom is 0.430 e. The van der Waals surface area contributed by atoms with E-state index in [-0.39, 0.29) is 23.3 Å². The molecule has 0 radical (unpaired) electrons. The number of alkyl halides is 6. The predicted molar refractivity (Wildman–Crippen MR) is 120 cm³/mol. The van der Waals surface area contributed by atoms with Gasteiger partial charge in [0.15, 0.2) is 9.84 Å². The molecule has 6 nitrogen and oxygen atoms in total. The summed E-state index contributed by atoms with van der Waals surface area (Å²) in [5.41, 5.74) is -7.64. The number of hydrogen-bond acceptors (Lipinski definition) is 5. The molecular formula is C24H24F7NO5S. The van der Waals surface area contributed by atoms with Crippen LogP contribution in [0.25, 0.3) is 0 Å². The molecule has 1 aliphatic carbocycles. The molecule has 0 aliphatic heterocycles. The van der Waals surface area contributed by atoms with Crippen molar-refractivity contribution in [1.82, 2.24) is 5.32 Å². The Morgan fingerprint density at radius 3 is 1.82 bits per heavy atom. The van der Waals surface area contributed by atoms with Crippen molar-refractivity contribution in [1.29, 1.82) is 0 Å². The lowest BCUT2D eigenvalue weighted by molar-refractivity contribution is -0.376. The molecule has 0 bridgehead atoms. The molecular weight excluding hydrogens is 547 g/mol. The second kappa shape index (κ2) is 9.40. The van der Waals surface area contributed by atoms with Crippen molar-refractivity contribution in [3.8, 4) is 0 Å². The van der Waals surface area contributed by atoms with E-state index < -0.39 is 61.7 Å². The Morgan fingerprint density at radius 2 is 1.39 bits per heavy atom. The molecule has 0 unspecified atom stereocenters. The average Bonchev–Trinajstić information content (AvgIpc) is 2.73. The largest absolute Gasteiger partial charge is 0.446 e. The number of sulfone groups is 1. The minimum Gasteiger partial charge on any atom is -0.446 e. The zero-order valence-electron chi connectivity index (χ0n) is 20.2. The summed E-state index contributed by atoms with van der Waals surface area (Å²) in [7, 11) is -4.43. The van der Waals surface area contributed by atoms with Crippen molar-refractivity contribution >= 4 is 15.9 Å². The predicted octanol–water partition coefficient (Wildman–Crippen LogP) is 5.49. The van der Waals surface area contributed by atoms with Crippen LogP contribution >= 0.6 is 0 Å². The number of ether oxygens (including phenoxy) is 1. The summed E-state index contributed by atoms with van der Waals surface area (Å²) >= 11 is 0. The number of carbonyl (C=O) groups excluding carboxylic acids is 1. The lowest BCUT2D eigenvalue weighted by Crippen LogP contribution is -2.54. The highest BCUT2D eigenvalue weighted by atomic mass is 32.2.